The molecule has 0 saturated heterocycles. The number of carbonyl (C=O) groups excluding carboxylic acids is 1. The van der Waals surface area contributed by atoms with Crippen LogP contribution < -0.4 is 16.6 Å². The molecule has 0 fully saturated rings. The SMILES string of the molecule is Cc1oc2[nH]c(=O)n(-c3ccccc3)c(=O)c2c1C(=O)Nc1cnn(-c2ccccc2)c1. The molecule has 0 aliphatic rings. The molecule has 0 aliphatic carbocycles. The lowest BCUT2D eigenvalue weighted by atomic mass is 10.1. The van der Waals surface area contributed by atoms with Crippen molar-refractivity contribution < 1.29 is 9.21 Å². The quantitative estimate of drug-likeness (QED) is 0.458. The van der Waals surface area contributed by atoms with Crippen LogP contribution in [0.2, 0.25) is 0 Å². The number of fused-ring (bicyclic) bond motifs is 1. The summed E-state index contributed by atoms with van der Waals surface area (Å²) < 4.78 is 8.13. The largest absolute Gasteiger partial charge is 0.444 e. The Bertz CT molecular complexity index is 1560. The molecule has 0 radical (unpaired) electrons. The number of para-hydroxylation sites is 2. The minimum Gasteiger partial charge on any atom is -0.444 e. The number of benzene rings is 2. The van der Waals surface area contributed by atoms with Gasteiger partial charge in [-0.15, -0.1) is 0 Å². The summed E-state index contributed by atoms with van der Waals surface area (Å²) in [6.45, 7) is 1.56. The standard InChI is InChI=1S/C23H17N5O4/c1-14-18(20(29)25-15-12-24-27(13-15)16-8-4-2-5-9-16)19-21(32-14)26-23(31)28(22(19)30)17-10-6-3-7-11-17/h2-13H,1H3,(H,25,29)(H,26,31). The van der Waals surface area contributed by atoms with Gasteiger partial charge in [0.2, 0.25) is 5.71 Å². The number of nitrogens with one attached hydrogen (secondary N) is 2. The van der Waals surface area contributed by atoms with Crippen LogP contribution in [-0.4, -0.2) is 25.2 Å². The summed E-state index contributed by atoms with van der Waals surface area (Å²) in [7, 11) is 0. The van der Waals surface area contributed by atoms with Gasteiger partial charge in [0.15, 0.2) is 0 Å². The first-order valence-electron chi connectivity index (χ1n) is 9.78. The van der Waals surface area contributed by atoms with Gasteiger partial charge >= 0.3 is 5.69 Å². The summed E-state index contributed by atoms with van der Waals surface area (Å²) in [6.07, 6.45) is 3.17. The zero-order valence-corrected chi connectivity index (χ0v) is 16.9. The number of H-pyrrole nitrogens is 1. The minimum absolute atomic E-state index is 0.00101. The van der Waals surface area contributed by atoms with Gasteiger partial charge in [0.1, 0.15) is 11.1 Å². The van der Waals surface area contributed by atoms with Gasteiger partial charge in [-0.25, -0.2) is 14.0 Å². The molecule has 2 N–H and O–H groups in total. The van der Waals surface area contributed by atoms with E-state index in [9.17, 15) is 14.4 Å². The Morgan fingerprint density at radius 3 is 2.34 bits per heavy atom. The van der Waals surface area contributed by atoms with Crippen molar-refractivity contribution >= 4 is 22.7 Å². The van der Waals surface area contributed by atoms with Gasteiger partial charge in [-0.1, -0.05) is 36.4 Å². The highest BCUT2D eigenvalue weighted by atomic mass is 16.3. The molecular weight excluding hydrogens is 410 g/mol. The van der Waals surface area contributed by atoms with Crippen LogP contribution in [0.3, 0.4) is 0 Å². The third-order valence-corrected chi connectivity index (χ3v) is 5.03. The van der Waals surface area contributed by atoms with Crippen LogP contribution in [0.5, 0.6) is 0 Å². The van der Waals surface area contributed by atoms with Crippen molar-refractivity contribution in [3.8, 4) is 11.4 Å². The maximum absolute atomic E-state index is 13.2. The highest BCUT2D eigenvalue weighted by Gasteiger charge is 2.24. The molecule has 0 spiro atoms. The summed E-state index contributed by atoms with van der Waals surface area (Å²) in [5.41, 5.74) is 0.375. The van der Waals surface area contributed by atoms with E-state index in [0.717, 1.165) is 10.3 Å². The summed E-state index contributed by atoms with van der Waals surface area (Å²) >= 11 is 0. The molecule has 5 rings (SSSR count). The zero-order valence-electron chi connectivity index (χ0n) is 16.9. The number of nitrogens with zero attached hydrogens (tertiary/aromatic N) is 3. The number of aryl methyl sites for hydroxylation is 1. The molecule has 2 aromatic carbocycles. The molecule has 1 amide bonds. The molecule has 9 nitrogen and oxygen atoms in total. The number of aromatic nitrogens is 4. The lowest BCUT2D eigenvalue weighted by Gasteiger charge is -2.05. The van der Waals surface area contributed by atoms with E-state index in [-0.39, 0.29) is 22.4 Å². The number of aromatic amines is 1. The Kier molecular flexibility index (Phi) is 4.55. The molecular formula is C23H17N5O4. The third kappa shape index (κ3) is 3.21. The fourth-order valence-electron chi connectivity index (χ4n) is 3.58. The third-order valence-electron chi connectivity index (χ3n) is 5.03. The lowest BCUT2D eigenvalue weighted by molar-refractivity contribution is 0.102. The highest BCUT2D eigenvalue weighted by Crippen LogP contribution is 2.22. The molecule has 9 heteroatoms. The van der Waals surface area contributed by atoms with Crippen molar-refractivity contribution in [1.82, 2.24) is 19.3 Å². The Hall–Kier alpha value is -4.66. The van der Waals surface area contributed by atoms with Gasteiger partial charge in [0.05, 0.1) is 35.0 Å². The number of hydrogen-bond donors (Lipinski definition) is 2. The predicted octanol–water partition coefficient (Wildman–Crippen LogP) is 3.02. The predicted molar refractivity (Wildman–Crippen MR) is 119 cm³/mol. The van der Waals surface area contributed by atoms with E-state index in [1.165, 1.54) is 6.20 Å². The van der Waals surface area contributed by atoms with Gasteiger partial charge < -0.3 is 9.73 Å². The van der Waals surface area contributed by atoms with Crippen molar-refractivity contribution in [3.05, 3.63) is 105 Å². The normalized spacial score (nSPS) is 11.0. The maximum Gasteiger partial charge on any atom is 0.335 e. The number of anilines is 1. The molecule has 5 aromatic rings. The molecule has 0 bridgehead atoms. The first-order valence-corrected chi connectivity index (χ1v) is 9.78. The molecule has 3 heterocycles. The van der Waals surface area contributed by atoms with Crippen LogP contribution in [0.4, 0.5) is 5.69 Å². The van der Waals surface area contributed by atoms with Gasteiger partial charge in [0, 0.05) is 0 Å². The fraction of sp³-hybridized carbons (Fsp3) is 0.0435. The minimum atomic E-state index is -0.654. The number of furan rings is 1. The van der Waals surface area contributed by atoms with E-state index in [2.05, 4.69) is 15.4 Å². The molecule has 0 unspecified atom stereocenters. The van der Waals surface area contributed by atoms with Crippen LogP contribution in [0.1, 0.15) is 16.1 Å². The number of carbonyl (C=O) groups is 1. The van der Waals surface area contributed by atoms with E-state index in [1.807, 2.05) is 30.3 Å². The van der Waals surface area contributed by atoms with Crippen molar-refractivity contribution in [2.45, 2.75) is 6.92 Å². The van der Waals surface area contributed by atoms with Crippen molar-refractivity contribution in [2.24, 2.45) is 0 Å². The smallest absolute Gasteiger partial charge is 0.335 e. The van der Waals surface area contributed by atoms with Gasteiger partial charge in [-0.2, -0.15) is 5.10 Å². The first kappa shape index (κ1) is 19.3. The summed E-state index contributed by atoms with van der Waals surface area (Å²) in [5, 5.41) is 7.00. The lowest BCUT2D eigenvalue weighted by Crippen LogP contribution is -2.34. The van der Waals surface area contributed by atoms with Gasteiger partial charge in [-0.05, 0) is 31.2 Å². The van der Waals surface area contributed by atoms with Gasteiger partial charge in [-0.3, -0.25) is 14.6 Å². The number of hydrogen-bond acceptors (Lipinski definition) is 5. The zero-order chi connectivity index (χ0) is 22.2. The molecule has 0 saturated carbocycles. The van der Waals surface area contributed by atoms with Crippen LogP contribution in [0.15, 0.2) is 87.1 Å². The number of amides is 1. The number of rotatable bonds is 4. The molecule has 0 atom stereocenters. The Labute approximate surface area is 180 Å². The summed E-state index contributed by atoms with van der Waals surface area (Å²) in [4.78, 5) is 41.4. The fourth-order valence-corrected chi connectivity index (χ4v) is 3.58. The molecule has 0 aliphatic heterocycles. The Morgan fingerprint density at radius 2 is 1.66 bits per heavy atom. The highest BCUT2D eigenvalue weighted by molar-refractivity contribution is 6.12. The molecule has 158 valence electrons. The topological polar surface area (TPSA) is 115 Å². The van der Waals surface area contributed by atoms with E-state index < -0.39 is 17.2 Å². The van der Waals surface area contributed by atoms with Crippen molar-refractivity contribution in [2.75, 3.05) is 5.32 Å². The average molecular weight is 427 g/mol. The Morgan fingerprint density at radius 1 is 1.00 bits per heavy atom. The molecule has 32 heavy (non-hydrogen) atoms. The van der Waals surface area contributed by atoms with E-state index >= 15 is 0 Å². The van der Waals surface area contributed by atoms with E-state index in [0.29, 0.717) is 11.4 Å². The molecule has 3 aromatic heterocycles. The summed E-state index contributed by atoms with van der Waals surface area (Å²) in [5.74, 6) is -0.330. The van der Waals surface area contributed by atoms with Crippen LogP contribution in [0.25, 0.3) is 22.5 Å². The van der Waals surface area contributed by atoms with Crippen LogP contribution >= 0.6 is 0 Å². The van der Waals surface area contributed by atoms with Crippen molar-refractivity contribution in [3.63, 3.8) is 0 Å². The van der Waals surface area contributed by atoms with E-state index in [1.54, 1.807) is 48.1 Å². The second-order valence-electron chi connectivity index (χ2n) is 7.11. The van der Waals surface area contributed by atoms with Crippen molar-refractivity contribution in [1.29, 1.82) is 0 Å². The maximum atomic E-state index is 13.2. The monoisotopic (exact) mass is 427 g/mol. The Balaban J connectivity index is 1.56. The average Bonchev–Trinajstić information content (AvgIpc) is 3.39. The second kappa shape index (κ2) is 7.55. The van der Waals surface area contributed by atoms with Crippen LogP contribution in [0, 0.1) is 6.92 Å². The first-order chi connectivity index (χ1) is 15.5. The summed E-state index contributed by atoms with van der Waals surface area (Å²) in [6, 6.07) is 17.9. The second-order valence-corrected chi connectivity index (χ2v) is 7.11. The van der Waals surface area contributed by atoms with Crippen LogP contribution in [-0.2, 0) is 0 Å². The van der Waals surface area contributed by atoms with E-state index in [4.69, 9.17) is 4.42 Å². The van der Waals surface area contributed by atoms with Gasteiger partial charge in [0.25, 0.3) is 11.5 Å².